The van der Waals surface area contributed by atoms with Crippen molar-refractivity contribution in [2.45, 2.75) is 6.54 Å². The van der Waals surface area contributed by atoms with Crippen molar-refractivity contribution in [3.63, 3.8) is 0 Å². The van der Waals surface area contributed by atoms with Crippen LogP contribution in [-0.4, -0.2) is 14.5 Å². The van der Waals surface area contributed by atoms with Crippen molar-refractivity contribution in [2.24, 2.45) is 0 Å². The number of halogens is 1. The van der Waals surface area contributed by atoms with Crippen molar-refractivity contribution in [1.82, 2.24) is 14.5 Å². The van der Waals surface area contributed by atoms with Crippen molar-refractivity contribution in [3.05, 3.63) is 55.9 Å². The van der Waals surface area contributed by atoms with E-state index >= 15 is 0 Å². The van der Waals surface area contributed by atoms with Crippen LogP contribution >= 0.6 is 27.3 Å². The summed E-state index contributed by atoms with van der Waals surface area (Å²) < 4.78 is 2.49. The first-order valence-electron chi connectivity index (χ1n) is 5.27. The standard InChI is InChI=1S/C12H8BrN3OS/c13-8-1-2-9-10(5-8)15-7-16(12(9)17)6-11-14-3-4-18-11/h1-5,7H,6H2. The van der Waals surface area contributed by atoms with Crippen LogP contribution in [-0.2, 0) is 6.54 Å². The third-order valence-electron chi connectivity index (χ3n) is 2.58. The number of benzene rings is 1. The molecule has 0 fully saturated rings. The molecule has 0 aliphatic heterocycles. The van der Waals surface area contributed by atoms with Crippen LogP contribution in [0.4, 0.5) is 0 Å². The molecule has 0 unspecified atom stereocenters. The normalized spacial score (nSPS) is 10.9. The number of hydrogen-bond donors (Lipinski definition) is 0. The topological polar surface area (TPSA) is 47.8 Å². The lowest BCUT2D eigenvalue weighted by Crippen LogP contribution is -2.21. The quantitative estimate of drug-likeness (QED) is 0.729. The van der Waals surface area contributed by atoms with E-state index in [1.165, 1.54) is 11.3 Å². The summed E-state index contributed by atoms with van der Waals surface area (Å²) in [7, 11) is 0. The fourth-order valence-corrected chi connectivity index (χ4v) is 2.68. The van der Waals surface area contributed by atoms with Gasteiger partial charge in [0.1, 0.15) is 5.01 Å². The predicted octanol–water partition coefficient (Wildman–Crippen LogP) is 2.66. The van der Waals surface area contributed by atoms with E-state index in [1.807, 2.05) is 17.5 Å². The highest BCUT2D eigenvalue weighted by atomic mass is 79.9. The van der Waals surface area contributed by atoms with Gasteiger partial charge in [-0.25, -0.2) is 9.97 Å². The molecular weight excluding hydrogens is 314 g/mol. The number of thiazole rings is 1. The third-order valence-corrected chi connectivity index (χ3v) is 3.83. The molecule has 0 aliphatic carbocycles. The van der Waals surface area contributed by atoms with Crippen LogP contribution in [0, 0.1) is 0 Å². The lowest BCUT2D eigenvalue weighted by Gasteiger charge is -2.04. The monoisotopic (exact) mass is 321 g/mol. The second kappa shape index (κ2) is 4.62. The SMILES string of the molecule is O=c1c2ccc(Br)cc2ncn1Cc1nccs1. The average Bonchev–Trinajstić information content (AvgIpc) is 2.85. The summed E-state index contributed by atoms with van der Waals surface area (Å²) in [6.45, 7) is 0.468. The molecule has 0 bridgehead atoms. The first-order chi connectivity index (χ1) is 8.74. The zero-order valence-corrected chi connectivity index (χ0v) is 11.6. The second-order valence-corrected chi connectivity index (χ2v) is 5.66. The molecule has 3 aromatic rings. The molecule has 0 saturated heterocycles. The predicted molar refractivity (Wildman–Crippen MR) is 74.9 cm³/mol. The first-order valence-corrected chi connectivity index (χ1v) is 6.94. The Balaban J connectivity index is 2.12. The van der Waals surface area contributed by atoms with Gasteiger partial charge in [0.25, 0.3) is 5.56 Å². The second-order valence-electron chi connectivity index (χ2n) is 3.76. The van der Waals surface area contributed by atoms with Crippen LogP contribution in [0.25, 0.3) is 10.9 Å². The van der Waals surface area contributed by atoms with Gasteiger partial charge in [0.15, 0.2) is 0 Å². The molecule has 6 heteroatoms. The first kappa shape index (κ1) is 11.6. The zero-order chi connectivity index (χ0) is 12.5. The molecule has 0 amide bonds. The van der Waals surface area contributed by atoms with Crippen molar-refractivity contribution < 1.29 is 0 Å². The molecule has 0 N–H and O–H groups in total. The fourth-order valence-electron chi connectivity index (χ4n) is 1.72. The molecule has 0 spiro atoms. The molecule has 0 atom stereocenters. The van der Waals surface area contributed by atoms with Gasteiger partial charge in [0, 0.05) is 16.0 Å². The molecule has 2 heterocycles. The summed E-state index contributed by atoms with van der Waals surface area (Å²) in [5.41, 5.74) is 0.660. The lowest BCUT2D eigenvalue weighted by atomic mass is 10.2. The van der Waals surface area contributed by atoms with E-state index < -0.39 is 0 Å². The molecule has 0 radical (unpaired) electrons. The van der Waals surface area contributed by atoms with E-state index in [0.717, 1.165) is 9.48 Å². The zero-order valence-electron chi connectivity index (χ0n) is 9.21. The van der Waals surface area contributed by atoms with Crippen LogP contribution in [0.5, 0.6) is 0 Å². The number of fused-ring (bicyclic) bond motifs is 1. The van der Waals surface area contributed by atoms with E-state index in [4.69, 9.17) is 0 Å². The average molecular weight is 322 g/mol. The molecule has 18 heavy (non-hydrogen) atoms. The van der Waals surface area contributed by atoms with Gasteiger partial charge in [-0.05, 0) is 18.2 Å². The van der Waals surface area contributed by atoms with Crippen molar-refractivity contribution >= 4 is 38.2 Å². The largest absolute Gasteiger partial charge is 0.292 e. The molecule has 1 aromatic carbocycles. The minimum absolute atomic E-state index is 0.0392. The number of nitrogens with zero attached hydrogens (tertiary/aromatic N) is 3. The van der Waals surface area contributed by atoms with Gasteiger partial charge in [-0.1, -0.05) is 15.9 Å². The van der Waals surface area contributed by atoms with Gasteiger partial charge < -0.3 is 0 Å². The molecule has 90 valence electrons. The van der Waals surface area contributed by atoms with Gasteiger partial charge >= 0.3 is 0 Å². The van der Waals surface area contributed by atoms with E-state index in [-0.39, 0.29) is 5.56 Å². The van der Waals surface area contributed by atoms with E-state index in [9.17, 15) is 4.79 Å². The highest BCUT2D eigenvalue weighted by Crippen LogP contribution is 2.15. The van der Waals surface area contributed by atoms with Gasteiger partial charge in [-0.3, -0.25) is 9.36 Å². The molecule has 4 nitrogen and oxygen atoms in total. The van der Waals surface area contributed by atoms with E-state index in [2.05, 4.69) is 25.9 Å². The molecule has 3 rings (SSSR count). The van der Waals surface area contributed by atoms with Crippen LogP contribution in [0.2, 0.25) is 0 Å². The maximum Gasteiger partial charge on any atom is 0.261 e. The minimum Gasteiger partial charge on any atom is -0.292 e. The molecule has 0 aliphatic rings. The van der Waals surface area contributed by atoms with Crippen molar-refractivity contribution in [2.75, 3.05) is 0 Å². The number of rotatable bonds is 2. The van der Waals surface area contributed by atoms with Gasteiger partial charge in [0.05, 0.1) is 23.8 Å². The van der Waals surface area contributed by atoms with E-state index in [1.54, 1.807) is 23.2 Å². The van der Waals surface area contributed by atoms with Crippen molar-refractivity contribution in [1.29, 1.82) is 0 Å². The summed E-state index contributed by atoms with van der Waals surface area (Å²) in [5.74, 6) is 0. The number of aromatic nitrogens is 3. The van der Waals surface area contributed by atoms with Crippen LogP contribution < -0.4 is 5.56 Å². The number of hydrogen-bond acceptors (Lipinski definition) is 4. The van der Waals surface area contributed by atoms with Crippen LogP contribution in [0.15, 0.2) is 45.4 Å². The Morgan fingerprint density at radius 3 is 3.00 bits per heavy atom. The maximum absolute atomic E-state index is 12.3. The summed E-state index contributed by atoms with van der Waals surface area (Å²) in [5, 5.41) is 3.42. The van der Waals surface area contributed by atoms with Crippen molar-refractivity contribution in [3.8, 4) is 0 Å². The van der Waals surface area contributed by atoms with Crippen LogP contribution in [0.3, 0.4) is 0 Å². The third kappa shape index (κ3) is 2.09. The highest BCUT2D eigenvalue weighted by Gasteiger charge is 2.06. The Hall–Kier alpha value is -1.53. The molecular formula is C12H8BrN3OS. The fraction of sp³-hybridized carbons (Fsp3) is 0.0833. The van der Waals surface area contributed by atoms with Gasteiger partial charge in [-0.15, -0.1) is 11.3 Å². The summed E-state index contributed by atoms with van der Waals surface area (Å²) in [4.78, 5) is 20.7. The Kier molecular flexibility index (Phi) is 2.97. The Bertz CT molecular complexity index is 752. The Morgan fingerprint density at radius 2 is 2.22 bits per heavy atom. The van der Waals surface area contributed by atoms with Crippen LogP contribution in [0.1, 0.15) is 5.01 Å². The summed E-state index contributed by atoms with van der Waals surface area (Å²) in [6, 6.07) is 5.47. The molecule has 2 aromatic heterocycles. The van der Waals surface area contributed by atoms with E-state index in [0.29, 0.717) is 17.4 Å². The summed E-state index contributed by atoms with van der Waals surface area (Å²) >= 11 is 4.90. The van der Waals surface area contributed by atoms with Gasteiger partial charge in [0.2, 0.25) is 0 Å². The molecule has 0 saturated carbocycles. The smallest absolute Gasteiger partial charge is 0.261 e. The summed E-state index contributed by atoms with van der Waals surface area (Å²) in [6.07, 6.45) is 3.30. The highest BCUT2D eigenvalue weighted by molar-refractivity contribution is 9.10. The Morgan fingerprint density at radius 1 is 1.33 bits per heavy atom. The minimum atomic E-state index is -0.0392. The van der Waals surface area contributed by atoms with Gasteiger partial charge in [-0.2, -0.15) is 0 Å². The lowest BCUT2D eigenvalue weighted by molar-refractivity contribution is 0.743. The maximum atomic E-state index is 12.3. The Labute approximate surface area is 115 Å².